The molecular weight excluding hydrogens is 328 g/mol. The second-order valence-electron chi connectivity index (χ2n) is 6.79. The number of nitrogens with zero attached hydrogens (tertiary/aromatic N) is 2. The summed E-state index contributed by atoms with van der Waals surface area (Å²) in [7, 11) is 0. The Kier molecular flexibility index (Phi) is 8.58. The van der Waals surface area contributed by atoms with Crippen LogP contribution in [-0.4, -0.2) is 66.9 Å². The van der Waals surface area contributed by atoms with Crippen LogP contribution in [0.1, 0.15) is 32.3 Å². The fourth-order valence-electron chi connectivity index (χ4n) is 3.28. The van der Waals surface area contributed by atoms with E-state index >= 15 is 0 Å². The Labute approximate surface area is 156 Å². The Morgan fingerprint density at radius 2 is 1.73 bits per heavy atom. The van der Waals surface area contributed by atoms with E-state index in [2.05, 4.69) is 58.5 Å². The summed E-state index contributed by atoms with van der Waals surface area (Å²) in [6.07, 6.45) is 1.76. The molecule has 1 aliphatic heterocycles. The molecule has 0 saturated carbocycles. The summed E-state index contributed by atoms with van der Waals surface area (Å²) in [5.41, 5.74) is 1.31. The number of rotatable bonds is 8. The van der Waals surface area contributed by atoms with Crippen molar-refractivity contribution in [3.05, 3.63) is 35.9 Å². The third kappa shape index (κ3) is 6.77. The van der Waals surface area contributed by atoms with Crippen LogP contribution >= 0.6 is 0 Å². The molecule has 2 amide bonds. The fraction of sp³-hybridized carbons (Fsp3) is 0.600. The van der Waals surface area contributed by atoms with E-state index in [1.54, 1.807) is 0 Å². The van der Waals surface area contributed by atoms with Crippen molar-refractivity contribution in [2.75, 3.05) is 39.3 Å². The zero-order chi connectivity index (χ0) is 18.8. The molecule has 0 radical (unpaired) electrons. The Bertz CT molecular complexity index is 552. The molecule has 1 aliphatic rings. The highest BCUT2D eigenvalue weighted by Crippen LogP contribution is 2.13. The van der Waals surface area contributed by atoms with Gasteiger partial charge < -0.3 is 15.5 Å². The average molecular weight is 361 g/mol. The predicted molar refractivity (Wildman–Crippen MR) is 104 cm³/mol. The van der Waals surface area contributed by atoms with Crippen molar-refractivity contribution in [3.63, 3.8) is 0 Å². The number of hydrogen-bond acceptors (Lipinski definition) is 4. The number of carbonyl (C=O) groups is 2. The van der Waals surface area contributed by atoms with E-state index in [-0.39, 0.29) is 6.04 Å². The van der Waals surface area contributed by atoms with Crippen LogP contribution in [0.2, 0.25) is 0 Å². The monoisotopic (exact) mass is 360 g/mol. The molecular formula is C20H32N4O2. The van der Waals surface area contributed by atoms with Gasteiger partial charge >= 0.3 is 11.8 Å². The van der Waals surface area contributed by atoms with Crippen LogP contribution in [0.3, 0.4) is 0 Å². The van der Waals surface area contributed by atoms with Gasteiger partial charge in [0.1, 0.15) is 0 Å². The van der Waals surface area contributed by atoms with Crippen molar-refractivity contribution in [3.8, 4) is 0 Å². The van der Waals surface area contributed by atoms with Gasteiger partial charge in [-0.05, 0) is 31.5 Å². The molecule has 6 heteroatoms. The second kappa shape index (κ2) is 10.9. The molecule has 0 unspecified atom stereocenters. The highest BCUT2D eigenvalue weighted by Gasteiger charge is 2.23. The lowest BCUT2D eigenvalue weighted by Gasteiger charge is -2.32. The molecule has 1 fully saturated rings. The van der Waals surface area contributed by atoms with Gasteiger partial charge in [0, 0.05) is 38.8 Å². The van der Waals surface area contributed by atoms with Gasteiger partial charge in [-0.3, -0.25) is 14.5 Å². The normalized spacial score (nSPS) is 15.8. The van der Waals surface area contributed by atoms with E-state index in [1.165, 1.54) is 5.56 Å². The van der Waals surface area contributed by atoms with Crippen LogP contribution in [0.4, 0.5) is 0 Å². The van der Waals surface area contributed by atoms with Gasteiger partial charge in [-0.2, -0.15) is 0 Å². The van der Waals surface area contributed by atoms with Crippen LogP contribution in [-0.2, 0) is 16.1 Å². The van der Waals surface area contributed by atoms with Gasteiger partial charge in [0.05, 0.1) is 0 Å². The quantitative estimate of drug-likeness (QED) is 0.685. The maximum Gasteiger partial charge on any atom is 0.309 e. The summed E-state index contributed by atoms with van der Waals surface area (Å²) < 4.78 is 0. The fourth-order valence-corrected chi connectivity index (χ4v) is 3.28. The van der Waals surface area contributed by atoms with Crippen molar-refractivity contribution in [1.29, 1.82) is 0 Å². The molecule has 6 nitrogen and oxygen atoms in total. The third-order valence-electron chi connectivity index (χ3n) is 4.99. The van der Waals surface area contributed by atoms with Crippen LogP contribution in [0.25, 0.3) is 0 Å². The Morgan fingerprint density at radius 3 is 2.35 bits per heavy atom. The molecule has 0 aromatic heterocycles. The first-order valence-corrected chi connectivity index (χ1v) is 9.69. The Hall–Kier alpha value is -1.92. The summed E-state index contributed by atoms with van der Waals surface area (Å²) in [5, 5.41) is 5.59. The van der Waals surface area contributed by atoms with Crippen molar-refractivity contribution < 1.29 is 9.59 Å². The topological polar surface area (TPSA) is 64.7 Å². The van der Waals surface area contributed by atoms with Crippen molar-refractivity contribution >= 4 is 11.8 Å². The minimum atomic E-state index is -0.524. The molecule has 1 heterocycles. The van der Waals surface area contributed by atoms with Crippen LogP contribution in [0.15, 0.2) is 30.3 Å². The van der Waals surface area contributed by atoms with E-state index in [4.69, 9.17) is 0 Å². The number of piperidine rings is 1. The maximum absolute atomic E-state index is 12.0. The standard InChI is InChI=1S/C20H32N4O2/c1-3-23(4-2)15-12-21-19(25)20(26)22-18-10-13-24(14-11-18)16-17-8-6-5-7-9-17/h5-9,18H,3-4,10-16H2,1-2H3,(H,21,25)(H,22,26). The first-order chi connectivity index (χ1) is 12.6. The molecule has 0 spiro atoms. The van der Waals surface area contributed by atoms with E-state index in [1.807, 2.05) is 6.07 Å². The van der Waals surface area contributed by atoms with Crippen LogP contribution in [0, 0.1) is 0 Å². The zero-order valence-electron chi connectivity index (χ0n) is 16.0. The second-order valence-corrected chi connectivity index (χ2v) is 6.79. The van der Waals surface area contributed by atoms with E-state index in [9.17, 15) is 9.59 Å². The third-order valence-corrected chi connectivity index (χ3v) is 4.99. The SMILES string of the molecule is CCN(CC)CCNC(=O)C(=O)NC1CCN(Cc2ccccc2)CC1. The van der Waals surface area contributed by atoms with Crippen molar-refractivity contribution in [1.82, 2.24) is 20.4 Å². The molecule has 0 atom stereocenters. The molecule has 26 heavy (non-hydrogen) atoms. The zero-order valence-corrected chi connectivity index (χ0v) is 16.0. The number of benzene rings is 1. The number of likely N-dealkylation sites (tertiary alicyclic amines) is 1. The van der Waals surface area contributed by atoms with Crippen LogP contribution < -0.4 is 10.6 Å². The van der Waals surface area contributed by atoms with Gasteiger partial charge in [-0.1, -0.05) is 44.2 Å². The molecule has 2 rings (SSSR count). The van der Waals surface area contributed by atoms with Gasteiger partial charge in [-0.25, -0.2) is 0 Å². The van der Waals surface area contributed by atoms with Crippen LogP contribution in [0.5, 0.6) is 0 Å². The first kappa shape index (κ1) is 20.4. The van der Waals surface area contributed by atoms with E-state index in [0.29, 0.717) is 6.54 Å². The molecule has 0 bridgehead atoms. The van der Waals surface area contributed by atoms with Crippen molar-refractivity contribution in [2.24, 2.45) is 0 Å². The summed E-state index contributed by atoms with van der Waals surface area (Å²) >= 11 is 0. The van der Waals surface area contributed by atoms with Gasteiger partial charge in [0.25, 0.3) is 0 Å². The number of hydrogen-bond donors (Lipinski definition) is 2. The van der Waals surface area contributed by atoms with E-state index in [0.717, 1.165) is 52.1 Å². The highest BCUT2D eigenvalue weighted by atomic mass is 16.2. The summed E-state index contributed by atoms with van der Waals surface area (Å²) in [6, 6.07) is 10.5. The molecule has 1 aromatic carbocycles. The number of carbonyl (C=O) groups excluding carboxylic acids is 2. The lowest BCUT2D eigenvalue weighted by molar-refractivity contribution is -0.139. The molecule has 144 valence electrons. The van der Waals surface area contributed by atoms with Crippen molar-refractivity contribution in [2.45, 2.75) is 39.3 Å². The Balaban J connectivity index is 1.65. The smallest absolute Gasteiger partial charge is 0.309 e. The largest absolute Gasteiger partial charge is 0.347 e. The maximum atomic E-state index is 12.0. The summed E-state index contributed by atoms with van der Waals surface area (Å²) in [4.78, 5) is 28.6. The molecule has 1 aromatic rings. The minimum absolute atomic E-state index is 0.0862. The Morgan fingerprint density at radius 1 is 1.08 bits per heavy atom. The van der Waals surface area contributed by atoms with Gasteiger partial charge in [0.15, 0.2) is 0 Å². The predicted octanol–water partition coefficient (Wildman–Crippen LogP) is 1.23. The van der Waals surface area contributed by atoms with Gasteiger partial charge in [-0.15, -0.1) is 0 Å². The number of nitrogens with one attached hydrogen (secondary N) is 2. The average Bonchev–Trinajstić information content (AvgIpc) is 2.67. The lowest BCUT2D eigenvalue weighted by atomic mass is 10.0. The summed E-state index contributed by atoms with van der Waals surface area (Å²) in [6.45, 7) is 10.1. The van der Waals surface area contributed by atoms with E-state index < -0.39 is 11.8 Å². The molecule has 1 saturated heterocycles. The number of likely N-dealkylation sites (N-methyl/N-ethyl adjacent to an activating group) is 1. The van der Waals surface area contributed by atoms with Gasteiger partial charge in [0.2, 0.25) is 0 Å². The molecule has 0 aliphatic carbocycles. The lowest BCUT2D eigenvalue weighted by Crippen LogP contribution is -2.49. The summed E-state index contributed by atoms with van der Waals surface area (Å²) in [5.74, 6) is -1.03. The molecule has 2 N–H and O–H groups in total. The number of amides is 2. The highest BCUT2D eigenvalue weighted by molar-refractivity contribution is 6.35. The minimum Gasteiger partial charge on any atom is -0.347 e. The first-order valence-electron chi connectivity index (χ1n) is 9.69.